The fraction of sp³-hybridized carbons (Fsp3) is 0.667. The van der Waals surface area contributed by atoms with E-state index in [2.05, 4.69) is 39.2 Å². The largest absolute Gasteiger partial charge is 0.453 e. The zero-order valence-corrected chi connectivity index (χ0v) is 22.6. The minimum Gasteiger partial charge on any atom is -0.453 e. The second-order valence-electron chi connectivity index (χ2n) is 10.7. The van der Waals surface area contributed by atoms with Gasteiger partial charge in [0.05, 0.1) is 12.5 Å². The number of nitrogen functional groups attached to an aromatic ring is 1. The van der Waals surface area contributed by atoms with Crippen LogP contribution in [0.4, 0.5) is 16.4 Å². The molecule has 0 spiro atoms. The normalized spacial score (nSPS) is 18.9. The number of carbonyl (C=O) groups is 1. The Balaban J connectivity index is 1.69. The average Bonchev–Trinajstić information content (AvgIpc) is 2.78. The first-order chi connectivity index (χ1) is 16.4. The molecule has 1 fully saturated rings. The van der Waals surface area contributed by atoms with Crippen LogP contribution in [0.5, 0.6) is 0 Å². The summed E-state index contributed by atoms with van der Waals surface area (Å²) in [5.74, 6) is 0.467. The molecule has 1 aliphatic rings. The number of hydrogen-bond donors (Lipinski definition) is 4. The van der Waals surface area contributed by atoms with Gasteiger partial charge in [0.1, 0.15) is 5.65 Å². The number of amides is 1. The lowest BCUT2D eigenvalue weighted by molar-refractivity contribution is 0.162. The Kier molecular flexibility index (Phi) is 8.42. The number of alkyl carbamates (subject to hydrolysis) is 1. The summed E-state index contributed by atoms with van der Waals surface area (Å²) < 4.78 is 6.35. The van der Waals surface area contributed by atoms with Crippen molar-refractivity contribution in [2.24, 2.45) is 0 Å². The summed E-state index contributed by atoms with van der Waals surface area (Å²) in [5.41, 5.74) is 6.83. The molecule has 0 saturated heterocycles. The van der Waals surface area contributed by atoms with E-state index in [0.29, 0.717) is 29.2 Å². The van der Waals surface area contributed by atoms with E-state index in [0.717, 1.165) is 44.9 Å². The first kappa shape index (κ1) is 26.9. The first-order valence-corrected chi connectivity index (χ1v) is 15.4. The van der Waals surface area contributed by atoms with Crippen molar-refractivity contribution in [2.45, 2.75) is 95.6 Å². The molecule has 10 nitrogen and oxygen atoms in total. The maximum absolute atomic E-state index is 12.8. The zero-order chi connectivity index (χ0) is 25.8. The Hall–Kier alpha value is -2.66. The predicted molar refractivity (Wildman–Crippen MR) is 141 cm³/mol. The molecule has 2 aromatic rings. The van der Waals surface area contributed by atoms with Crippen LogP contribution in [0, 0.1) is 0 Å². The number of unbranched alkanes of at least 4 members (excludes halogenated alkanes) is 1. The fourth-order valence-electron chi connectivity index (χ4n) is 4.39. The van der Waals surface area contributed by atoms with Crippen LogP contribution < -0.4 is 21.9 Å². The van der Waals surface area contributed by atoms with E-state index in [1.165, 1.54) is 13.2 Å². The van der Waals surface area contributed by atoms with Gasteiger partial charge in [-0.25, -0.2) is 9.78 Å². The lowest BCUT2D eigenvalue weighted by atomic mass is 9.91. The van der Waals surface area contributed by atoms with Gasteiger partial charge < -0.3 is 25.9 Å². The molecule has 3 rings (SSSR count). The summed E-state index contributed by atoms with van der Waals surface area (Å²) in [7, 11) is -0.895. The molecule has 2 heterocycles. The monoisotopic (exact) mass is 504 g/mol. The highest BCUT2D eigenvalue weighted by Crippen LogP contribution is 2.40. The van der Waals surface area contributed by atoms with Crippen LogP contribution in [-0.2, 0) is 11.3 Å². The number of aryl methyl sites for hydroxylation is 1. The Morgan fingerprint density at radius 1 is 1.26 bits per heavy atom. The SMILES string of the molecule is COC(=O)NC1CCC(Nc2ncc3c(N)cc(=O)n(CCCCC(C)(C)[Si](C)(C)O)c3n2)CC1. The molecule has 0 bridgehead atoms. The van der Waals surface area contributed by atoms with Crippen molar-refractivity contribution in [3.8, 4) is 0 Å². The van der Waals surface area contributed by atoms with E-state index >= 15 is 0 Å². The smallest absolute Gasteiger partial charge is 0.407 e. The van der Waals surface area contributed by atoms with Gasteiger partial charge in [0.25, 0.3) is 5.56 Å². The van der Waals surface area contributed by atoms with E-state index in [4.69, 9.17) is 5.73 Å². The molecule has 0 radical (unpaired) electrons. The Morgan fingerprint density at radius 2 is 1.91 bits per heavy atom. The molecular weight excluding hydrogens is 464 g/mol. The third-order valence-corrected chi connectivity index (χ3v) is 11.1. The van der Waals surface area contributed by atoms with E-state index in [-0.39, 0.29) is 22.7 Å². The zero-order valence-electron chi connectivity index (χ0n) is 21.6. The highest BCUT2D eigenvalue weighted by molar-refractivity contribution is 6.72. The van der Waals surface area contributed by atoms with Crippen LogP contribution in [0.25, 0.3) is 11.0 Å². The molecule has 1 amide bonds. The number of fused-ring (bicyclic) bond motifs is 1. The van der Waals surface area contributed by atoms with Crippen LogP contribution in [0.3, 0.4) is 0 Å². The maximum Gasteiger partial charge on any atom is 0.407 e. The highest BCUT2D eigenvalue weighted by atomic mass is 28.4. The topological polar surface area (TPSA) is 144 Å². The summed E-state index contributed by atoms with van der Waals surface area (Å²) in [4.78, 5) is 43.9. The van der Waals surface area contributed by atoms with Gasteiger partial charge in [-0.1, -0.05) is 20.3 Å². The summed E-state index contributed by atoms with van der Waals surface area (Å²) in [6, 6.07) is 1.71. The fourth-order valence-corrected chi connectivity index (χ4v) is 5.18. The molecule has 0 aliphatic heterocycles. The van der Waals surface area contributed by atoms with Crippen molar-refractivity contribution in [1.82, 2.24) is 19.9 Å². The van der Waals surface area contributed by atoms with Gasteiger partial charge in [0.15, 0.2) is 8.32 Å². The van der Waals surface area contributed by atoms with Gasteiger partial charge in [-0.2, -0.15) is 4.98 Å². The minimum absolute atomic E-state index is 0.0915. The van der Waals surface area contributed by atoms with Crippen LogP contribution >= 0.6 is 0 Å². The molecule has 11 heteroatoms. The lowest BCUT2D eigenvalue weighted by Gasteiger charge is -2.35. The van der Waals surface area contributed by atoms with Gasteiger partial charge >= 0.3 is 6.09 Å². The number of carbonyl (C=O) groups excluding carboxylic acids is 1. The van der Waals surface area contributed by atoms with Crippen molar-refractivity contribution < 1.29 is 14.3 Å². The molecule has 0 unspecified atom stereocenters. The molecule has 1 aliphatic carbocycles. The predicted octanol–water partition coefficient (Wildman–Crippen LogP) is 3.60. The Morgan fingerprint density at radius 3 is 2.54 bits per heavy atom. The summed E-state index contributed by atoms with van der Waals surface area (Å²) >= 11 is 0. The molecule has 5 N–H and O–H groups in total. The number of ether oxygens (including phenoxy) is 1. The molecule has 0 aromatic carbocycles. The Bertz CT molecular complexity index is 1090. The molecule has 1 saturated carbocycles. The van der Waals surface area contributed by atoms with Crippen molar-refractivity contribution >= 4 is 37.1 Å². The van der Waals surface area contributed by atoms with Crippen molar-refractivity contribution in [3.63, 3.8) is 0 Å². The third-order valence-electron chi connectivity index (χ3n) is 7.54. The van der Waals surface area contributed by atoms with Crippen LogP contribution in [0.15, 0.2) is 17.1 Å². The van der Waals surface area contributed by atoms with E-state index in [1.807, 2.05) is 13.1 Å². The van der Waals surface area contributed by atoms with E-state index < -0.39 is 14.4 Å². The number of aromatic nitrogens is 3. The number of anilines is 2. The summed E-state index contributed by atoms with van der Waals surface area (Å²) in [5, 5.41) is 6.81. The van der Waals surface area contributed by atoms with Crippen LogP contribution in [-0.4, -0.2) is 52.9 Å². The van der Waals surface area contributed by atoms with Crippen LogP contribution in [0.2, 0.25) is 18.1 Å². The number of nitrogens with zero attached hydrogens (tertiary/aromatic N) is 3. The second-order valence-corrected chi connectivity index (χ2v) is 15.2. The molecule has 194 valence electrons. The van der Waals surface area contributed by atoms with Crippen molar-refractivity contribution in [2.75, 3.05) is 18.2 Å². The molecule has 2 aromatic heterocycles. The van der Waals surface area contributed by atoms with Gasteiger partial charge in [-0.05, 0) is 56.7 Å². The van der Waals surface area contributed by atoms with Crippen LogP contribution in [0.1, 0.15) is 58.8 Å². The minimum atomic E-state index is -2.26. The molecule has 0 atom stereocenters. The quantitative estimate of drug-likeness (QED) is 0.299. The average molecular weight is 505 g/mol. The Labute approximate surface area is 207 Å². The first-order valence-electron chi connectivity index (χ1n) is 12.4. The number of hydrogen-bond acceptors (Lipinski definition) is 8. The van der Waals surface area contributed by atoms with Crippen molar-refractivity contribution in [3.05, 3.63) is 22.6 Å². The van der Waals surface area contributed by atoms with Gasteiger partial charge in [-0.15, -0.1) is 0 Å². The van der Waals surface area contributed by atoms with Crippen molar-refractivity contribution in [1.29, 1.82) is 0 Å². The third kappa shape index (κ3) is 6.72. The maximum atomic E-state index is 12.8. The molecule has 35 heavy (non-hydrogen) atoms. The number of pyridine rings is 1. The lowest BCUT2D eigenvalue weighted by Crippen LogP contribution is -2.40. The summed E-state index contributed by atoms with van der Waals surface area (Å²) in [6.45, 7) is 8.71. The van der Waals surface area contributed by atoms with Gasteiger partial charge in [-0.3, -0.25) is 9.36 Å². The molecular formula is C24H40N6O4Si. The van der Waals surface area contributed by atoms with E-state index in [1.54, 1.807) is 10.8 Å². The number of nitrogens with two attached hydrogens (primary N) is 1. The number of methoxy groups -OCH3 is 1. The number of nitrogens with one attached hydrogen (secondary N) is 2. The van der Waals surface area contributed by atoms with Gasteiger partial charge in [0, 0.05) is 36.6 Å². The van der Waals surface area contributed by atoms with Gasteiger partial charge in [0.2, 0.25) is 5.95 Å². The standard InChI is InChI=1S/C24H40N6O4Si/c1-24(2,35(4,5)33)12-6-7-13-30-20(31)14-19(25)18-15-26-22(29-21(18)30)27-16-8-10-17(11-9-16)28-23(32)34-3/h14-17,33H,6-13,25H2,1-5H3,(H,28,32)(H,26,27,29). The van der Waals surface area contributed by atoms with E-state index in [9.17, 15) is 14.4 Å². The second kappa shape index (κ2) is 10.9. The number of rotatable bonds is 9. The summed E-state index contributed by atoms with van der Waals surface area (Å²) in [6.07, 6.45) is 7.27. The highest BCUT2D eigenvalue weighted by Gasteiger charge is 2.37.